The van der Waals surface area contributed by atoms with Gasteiger partial charge in [-0.1, -0.05) is 6.58 Å². The van der Waals surface area contributed by atoms with Crippen LogP contribution in [0.4, 0.5) is 0 Å². The number of rotatable bonds is 1. The van der Waals surface area contributed by atoms with Crippen LogP contribution in [0.5, 0.6) is 0 Å². The van der Waals surface area contributed by atoms with Gasteiger partial charge in [0.15, 0.2) is 0 Å². The zero-order valence-corrected chi connectivity index (χ0v) is 9.74. The van der Waals surface area contributed by atoms with E-state index in [9.17, 15) is 9.59 Å². The lowest BCUT2D eigenvalue weighted by molar-refractivity contribution is -0.147. The van der Waals surface area contributed by atoms with Crippen LogP contribution in [0.1, 0.15) is 13.3 Å². The molecule has 5 heteroatoms. The fraction of sp³-hybridized carbons (Fsp3) is 0.636. The third kappa shape index (κ3) is 1.15. The highest BCUT2D eigenvalue weighted by Crippen LogP contribution is 2.44. The number of carbonyl (C=O) groups is 2. The molecule has 2 bridgehead atoms. The Morgan fingerprint density at radius 3 is 2.88 bits per heavy atom. The number of fused-ring (bicyclic) bond motifs is 2. The highest BCUT2D eigenvalue weighted by atomic mass is 16.5. The van der Waals surface area contributed by atoms with Crippen molar-refractivity contribution in [2.75, 3.05) is 14.2 Å². The minimum Gasteiger partial charge on any atom is -0.469 e. The van der Waals surface area contributed by atoms with Crippen LogP contribution in [-0.2, 0) is 14.3 Å². The topological polar surface area (TPSA) is 58.6 Å². The third-order valence-corrected chi connectivity index (χ3v) is 4.01. The smallest absolute Gasteiger partial charge is 0.311 e. The Hall–Kier alpha value is -1.36. The van der Waals surface area contributed by atoms with Gasteiger partial charge in [0.2, 0.25) is 5.91 Å². The summed E-state index contributed by atoms with van der Waals surface area (Å²) in [6.45, 7) is 5.76. The molecule has 0 unspecified atom stereocenters. The van der Waals surface area contributed by atoms with Gasteiger partial charge in [0, 0.05) is 5.70 Å². The van der Waals surface area contributed by atoms with Crippen molar-refractivity contribution < 1.29 is 14.3 Å². The van der Waals surface area contributed by atoms with Crippen LogP contribution in [0.2, 0.25) is 0 Å². The first-order chi connectivity index (χ1) is 7.42. The van der Waals surface area contributed by atoms with E-state index < -0.39 is 5.54 Å². The highest BCUT2D eigenvalue weighted by Gasteiger charge is 2.59. The van der Waals surface area contributed by atoms with Crippen molar-refractivity contribution in [3.63, 3.8) is 0 Å². The fourth-order valence-corrected chi connectivity index (χ4v) is 2.71. The van der Waals surface area contributed by atoms with E-state index in [1.54, 1.807) is 0 Å². The Bertz CT molecular complexity index is 379. The molecule has 1 amide bonds. The number of amides is 1. The highest BCUT2D eigenvalue weighted by molar-refractivity contribution is 5.89. The minimum atomic E-state index is -0.536. The second-order valence-electron chi connectivity index (χ2n) is 4.55. The predicted molar refractivity (Wildman–Crippen MR) is 57.4 cm³/mol. The van der Waals surface area contributed by atoms with Gasteiger partial charge in [0.25, 0.3) is 0 Å². The lowest BCUT2D eigenvalue weighted by atomic mass is 9.84. The maximum atomic E-state index is 11.7. The molecule has 3 atom stereocenters. The summed E-state index contributed by atoms with van der Waals surface area (Å²) < 4.78 is 4.79. The molecule has 0 aromatic heterocycles. The average molecular weight is 224 g/mol. The molecule has 1 N–H and O–H groups in total. The molecule has 16 heavy (non-hydrogen) atoms. The van der Waals surface area contributed by atoms with Gasteiger partial charge in [-0.2, -0.15) is 0 Å². The van der Waals surface area contributed by atoms with Gasteiger partial charge < -0.3 is 10.1 Å². The molecular formula is C11H16N2O3. The molecule has 0 radical (unpaired) electrons. The molecule has 2 fully saturated rings. The van der Waals surface area contributed by atoms with Crippen LogP contribution in [-0.4, -0.2) is 42.5 Å². The first-order valence-electron chi connectivity index (χ1n) is 5.24. The monoisotopic (exact) mass is 224 g/mol. The summed E-state index contributed by atoms with van der Waals surface area (Å²) in [5.41, 5.74) is 0.0372. The standard InChI is InChI=1S/C11H16N2O3/c1-6-11(2)7(10(15)16-4)5-8(13(11)3)9(14)12-6/h7-8H,1,5H2,2-4H3,(H,12,14)/t7-,8-,11-/m1/s1. The summed E-state index contributed by atoms with van der Waals surface area (Å²) >= 11 is 0. The molecule has 2 saturated heterocycles. The molecular weight excluding hydrogens is 208 g/mol. The summed E-state index contributed by atoms with van der Waals surface area (Å²) in [7, 11) is 3.21. The van der Waals surface area contributed by atoms with Crippen LogP contribution in [0, 0.1) is 5.92 Å². The Morgan fingerprint density at radius 2 is 2.31 bits per heavy atom. The number of nitrogens with one attached hydrogen (secondary N) is 1. The lowest BCUT2D eigenvalue weighted by Gasteiger charge is -2.42. The van der Waals surface area contributed by atoms with Crippen molar-refractivity contribution in [2.45, 2.75) is 24.9 Å². The molecule has 2 aliphatic heterocycles. The van der Waals surface area contributed by atoms with Crippen molar-refractivity contribution in [1.29, 1.82) is 0 Å². The Kier molecular flexibility index (Phi) is 2.31. The number of nitrogens with zero attached hydrogens (tertiary/aromatic N) is 1. The molecule has 2 heterocycles. The van der Waals surface area contributed by atoms with E-state index in [0.717, 1.165) is 0 Å². The Labute approximate surface area is 94.4 Å². The predicted octanol–water partition coefficient (Wildman–Crippen LogP) is -0.118. The molecule has 0 aromatic carbocycles. The largest absolute Gasteiger partial charge is 0.469 e. The van der Waals surface area contributed by atoms with Gasteiger partial charge in [-0.25, -0.2) is 0 Å². The van der Waals surface area contributed by atoms with Gasteiger partial charge in [-0.05, 0) is 20.4 Å². The van der Waals surface area contributed by atoms with E-state index in [4.69, 9.17) is 4.74 Å². The maximum Gasteiger partial charge on any atom is 0.311 e. The second kappa shape index (κ2) is 3.31. The van der Waals surface area contributed by atoms with Crippen molar-refractivity contribution in [2.24, 2.45) is 5.92 Å². The minimum absolute atomic E-state index is 0.0867. The summed E-state index contributed by atoms with van der Waals surface area (Å²) in [5.74, 6) is -0.704. The number of esters is 1. The maximum absolute atomic E-state index is 11.7. The molecule has 0 aliphatic carbocycles. The van der Waals surface area contributed by atoms with Crippen molar-refractivity contribution in [3.05, 3.63) is 12.3 Å². The molecule has 0 saturated carbocycles. The number of methoxy groups -OCH3 is 1. The number of carbonyl (C=O) groups excluding carboxylic acids is 2. The SMILES string of the molecule is C=C1NC(=O)[C@H]2C[C@H](C(=O)OC)[C@]1(C)N2C. The second-order valence-corrected chi connectivity index (χ2v) is 4.55. The van der Waals surface area contributed by atoms with Crippen LogP contribution in [0.15, 0.2) is 12.3 Å². The van der Waals surface area contributed by atoms with E-state index in [0.29, 0.717) is 12.1 Å². The number of hydrogen-bond acceptors (Lipinski definition) is 4. The van der Waals surface area contributed by atoms with E-state index in [-0.39, 0.29) is 23.8 Å². The quantitative estimate of drug-likeness (QED) is 0.631. The molecule has 0 spiro atoms. The molecule has 5 nitrogen and oxygen atoms in total. The normalized spacial score (nSPS) is 38.4. The third-order valence-electron chi connectivity index (χ3n) is 4.01. The van der Waals surface area contributed by atoms with Gasteiger partial charge in [-0.15, -0.1) is 0 Å². The van der Waals surface area contributed by atoms with Gasteiger partial charge in [0.1, 0.15) is 0 Å². The van der Waals surface area contributed by atoms with Crippen molar-refractivity contribution in [3.8, 4) is 0 Å². The molecule has 2 rings (SSSR count). The van der Waals surface area contributed by atoms with Gasteiger partial charge in [0.05, 0.1) is 24.6 Å². The van der Waals surface area contributed by atoms with E-state index in [1.807, 2.05) is 18.9 Å². The number of piperazine rings is 1. The summed E-state index contributed by atoms with van der Waals surface area (Å²) in [4.78, 5) is 25.3. The molecule has 88 valence electrons. The van der Waals surface area contributed by atoms with Crippen LogP contribution in [0.3, 0.4) is 0 Å². The number of likely N-dealkylation sites (N-methyl/N-ethyl adjacent to an activating group) is 1. The van der Waals surface area contributed by atoms with E-state index >= 15 is 0 Å². The van der Waals surface area contributed by atoms with Crippen LogP contribution in [0.25, 0.3) is 0 Å². The van der Waals surface area contributed by atoms with Gasteiger partial charge in [-0.3, -0.25) is 14.5 Å². The fourth-order valence-electron chi connectivity index (χ4n) is 2.71. The number of ether oxygens (including phenoxy) is 1. The van der Waals surface area contributed by atoms with E-state index in [1.165, 1.54) is 7.11 Å². The van der Waals surface area contributed by atoms with Gasteiger partial charge >= 0.3 is 5.97 Å². The summed E-state index contributed by atoms with van der Waals surface area (Å²) in [6.07, 6.45) is 0.491. The molecule has 2 aliphatic rings. The first-order valence-corrected chi connectivity index (χ1v) is 5.24. The molecule has 0 aromatic rings. The summed E-state index contributed by atoms with van der Waals surface area (Å²) in [6, 6.07) is -0.264. The van der Waals surface area contributed by atoms with Crippen LogP contribution < -0.4 is 5.32 Å². The zero-order valence-electron chi connectivity index (χ0n) is 9.74. The zero-order chi connectivity index (χ0) is 12.1. The lowest BCUT2D eigenvalue weighted by Crippen LogP contribution is -2.60. The summed E-state index contributed by atoms with van der Waals surface area (Å²) in [5, 5.41) is 2.74. The van der Waals surface area contributed by atoms with E-state index in [2.05, 4.69) is 11.9 Å². The Balaban J connectivity index is 2.43. The van der Waals surface area contributed by atoms with Crippen molar-refractivity contribution in [1.82, 2.24) is 10.2 Å². The first kappa shape index (κ1) is 11.1. The van der Waals surface area contributed by atoms with Crippen LogP contribution >= 0.6 is 0 Å². The Morgan fingerprint density at radius 1 is 1.69 bits per heavy atom. The van der Waals surface area contributed by atoms with Crippen molar-refractivity contribution >= 4 is 11.9 Å². The average Bonchev–Trinajstić information content (AvgIpc) is 2.46. The number of hydrogen-bond donors (Lipinski definition) is 1.